The molecule has 3 aromatic rings. The van der Waals surface area contributed by atoms with Gasteiger partial charge in [-0.1, -0.05) is 11.8 Å². The minimum Gasteiger partial charge on any atom is -0.385 e. The Morgan fingerprint density at radius 1 is 1.07 bits per heavy atom. The maximum Gasteiger partial charge on any atom is 0.416 e. The Morgan fingerprint density at radius 2 is 1.83 bits per heavy atom. The monoisotopic (exact) mass is 427 g/mol. The summed E-state index contributed by atoms with van der Waals surface area (Å²) in [6.45, 7) is 0. The second-order valence-corrected chi connectivity index (χ2v) is 5.97. The molecule has 3 atom stereocenters. The molecule has 0 bridgehead atoms. The lowest BCUT2D eigenvalue weighted by Gasteiger charge is -2.18. The highest BCUT2D eigenvalue weighted by Crippen LogP contribution is 2.30. The average Bonchev–Trinajstić information content (AvgIpc) is 3.26. The highest BCUT2D eigenvalue weighted by atomic mass is 19.4. The van der Waals surface area contributed by atoms with E-state index in [1.807, 2.05) is 0 Å². The van der Waals surface area contributed by atoms with Crippen molar-refractivity contribution in [2.45, 2.75) is 24.7 Å². The van der Waals surface area contributed by atoms with E-state index in [-0.39, 0.29) is 16.8 Å². The first-order valence-corrected chi connectivity index (χ1v) is 8.20. The number of alkyl halides is 5. The number of pyridine rings is 1. The SMILES string of the molecule is OC(C(F)c1ccc(C#Cc2ccc(C(F)(F)F)cc2F)cn1)C(F)n1cnnn1. The highest BCUT2D eigenvalue weighted by Gasteiger charge is 2.32. The van der Waals surface area contributed by atoms with Crippen LogP contribution in [0.15, 0.2) is 42.9 Å². The third kappa shape index (κ3) is 4.74. The molecule has 1 aromatic carbocycles. The average molecular weight is 427 g/mol. The summed E-state index contributed by atoms with van der Waals surface area (Å²) in [7, 11) is 0. The molecule has 6 nitrogen and oxygen atoms in total. The molecular formula is C18H11F6N5O. The Bertz CT molecular complexity index is 1060. The normalized spacial score (nSPS) is 14.5. The van der Waals surface area contributed by atoms with Crippen molar-refractivity contribution in [1.82, 2.24) is 25.2 Å². The lowest BCUT2D eigenvalue weighted by Crippen LogP contribution is -2.26. The zero-order valence-corrected chi connectivity index (χ0v) is 14.7. The summed E-state index contributed by atoms with van der Waals surface area (Å²) in [6.07, 6.45) is -9.32. The second-order valence-electron chi connectivity index (χ2n) is 5.97. The Balaban J connectivity index is 1.72. The molecule has 156 valence electrons. The van der Waals surface area contributed by atoms with E-state index in [1.54, 1.807) is 0 Å². The number of benzene rings is 1. The van der Waals surface area contributed by atoms with Gasteiger partial charge in [-0.3, -0.25) is 4.98 Å². The van der Waals surface area contributed by atoms with Crippen molar-refractivity contribution in [2.75, 3.05) is 0 Å². The zero-order valence-electron chi connectivity index (χ0n) is 14.7. The van der Waals surface area contributed by atoms with E-state index in [9.17, 15) is 31.4 Å². The predicted molar refractivity (Wildman–Crippen MR) is 89.4 cm³/mol. The summed E-state index contributed by atoms with van der Waals surface area (Å²) >= 11 is 0. The van der Waals surface area contributed by atoms with Crippen LogP contribution in [-0.4, -0.2) is 36.4 Å². The van der Waals surface area contributed by atoms with Gasteiger partial charge in [0, 0.05) is 11.8 Å². The van der Waals surface area contributed by atoms with Gasteiger partial charge in [-0.25, -0.2) is 13.2 Å². The van der Waals surface area contributed by atoms with Crippen molar-refractivity contribution in [3.63, 3.8) is 0 Å². The van der Waals surface area contributed by atoms with Crippen LogP contribution >= 0.6 is 0 Å². The van der Waals surface area contributed by atoms with Crippen LogP contribution in [0.3, 0.4) is 0 Å². The van der Waals surface area contributed by atoms with E-state index in [0.717, 1.165) is 24.7 Å². The third-order valence-corrected chi connectivity index (χ3v) is 3.91. The van der Waals surface area contributed by atoms with Gasteiger partial charge >= 0.3 is 6.18 Å². The number of aliphatic hydroxyl groups excluding tert-OH is 1. The largest absolute Gasteiger partial charge is 0.416 e. The van der Waals surface area contributed by atoms with Gasteiger partial charge < -0.3 is 5.11 Å². The molecule has 3 unspecified atom stereocenters. The number of tetrazole rings is 1. The van der Waals surface area contributed by atoms with Crippen molar-refractivity contribution < 1.29 is 31.4 Å². The molecule has 2 heterocycles. The quantitative estimate of drug-likeness (QED) is 0.512. The Kier molecular flexibility index (Phi) is 6.02. The van der Waals surface area contributed by atoms with E-state index in [4.69, 9.17) is 0 Å². The molecule has 30 heavy (non-hydrogen) atoms. The summed E-state index contributed by atoms with van der Waals surface area (Å²) in [5.74, 6) is 3.68. The maximum absolute atomic E-state index is 14.3. The molecule has 1 N–H and O–H groups in total. The third-order valence-electron chi connectivity index (χ3n) is 3.91. The van der Waals surface area contributed by atoms with E-state index >= 15 is 0 Å². The van der Waals surface area contributed by atoms with Gasteiger partial charge in [0.1, 0.15) is 18.2 Å². The fraction of sp³-hybridized carbons (Fsp3) is 0.222. The van der Waals surface area contributed by atoms with Gasteiger partial charge in [-0.2, -0.15) is 17.9 Å². The summed E-state index contributed by atoms with van der Waals surface area (Å²) in [6, 6.07) is 4.33. The number of hydrogen-bond donors (Lipinski definition) is 1. The molecule has 0 spiro atoms. The molecule has 3 rings (SSSR count). The van der Waals surface area contributed by atoms with Crippen molar-refractivity contribution in [1.29, 1.82) is 0 Å². The predicted octanol–water partition coefficient (Wildman–Crippen LogP) is 3.17. The van der Waals surface area contributed by atoms with Crippen LogP contribution in [0, 0.1) is 17.7 Å². The van der Waals surface area contributed by atoms with Crippen LogP contribution in [0.25, 0.3) is 0 Å². The Labute approximate surface area is 165 Å². The van der Waals surface area contributed by atoms with Crippen LogP contribution in [0.1, 0.15) is 34.9 Å². The van der Waals surface area contributed by atoms with Gasteiger partial charge in [0.2, 0.25) is 6.30 Å². The van der Waals surface area contributed by atoms with Crippen molar-refractivity contribution in [3.8, 4) is 11.8 Å². The molecule has 12 heteroatoms. The zero-order chi connectivity index (χ0) is 21.9. The number of rotatable bonds is 4. The number of nitrogens with zero attached hydrogens (tertiary/aromatic N) is 5. The lowest BCUT2D eigenvalue weighted by atomic mass is 10.1. The number of aromatic nitrogens is 5. The molecule has 0 amide bonds. The number of aliphatic hydroxyl groups is 1. The fourth-order valence-corrected chi connectivity index (χ4v) is 2.33. The second kappa shape index (κ2) is 8.50. The van der Waals surface area contributed by atoms with E-state index in [2.05, 4.69) is 32.4 Å². The molecule has 0 radical (unpaired) electrons. The maximum atomic E-state index is 14.3. The topological polar surface area (TPSA) is 76.7 Å². The first-order chi connectivity index (χ1) is 14.2. The smallest absolute Gasteiger partial charge is 0.385 e. The molecule has 0 aliphatic rings. The lowest BCUT2D eigenvalue weighted by molar-refractivity contribution is -0.137. The molecule has 2 aromatic heterocycles. The highest BCUT2D eigenvalue weighted by molar-refractivity contribution is 5.44. The van der Waals surface area contributed by atoms with Gasteiger partial charge in [-0.15, -0.1) is 5.10 Å². The Morgan fingerprint density at radius 3 is 2.40 bits per heavy atom. The van der Waals surface area contributed by atoms with Crippen LogP contribution in [0.5, 0.6) is 0 Å². The Hall–Kier alpha value is -3.46. The van der Waals surface area contributed by atoms with Crippen LogP contribution < -0.4 is 0 Å². The minimum absolute atomic E-state index is 0.192. The molecular weight excluding hydrogens is 416 g/mol. The van der Waals surface area contributed by atoms with Gasteiger partial charge in [0.15, 0.2) is 6.17 Å². The summed E-state index contributed by atoms with van der Waals surface area (Å²) in [5.41, 5.74) is -1.52. The first-order valence-electron chi connectivity index (χ1n) is 8.20. The molecule has 0 saturated heterocycles. The van der Waals surface area contributed by atoms with Crippen molar-refractivity contribution >= 4 is 0 Å². The van der Waals surface area contributed by atoms with E-state index in [0.29, 0.717) is 16.8 Å². The first kappa shape index (κ1) is 21.3. The van der Waals surface area contributed by atoms with Crippen LogP contribution in [-0.2, 0) is 6.18 Å². The van der Waals surface area contributed by atoms with Crippen molar-refractivity contribution in [2.24, 2.45) is 0 Å². The van der Waals surface area contributed by atoms with Gasteiger partial charge in [0.25, 0.3) is 0 Å². The molecule has 0 saturated carbocycles. The van der Waals surface area contributed by atoms with E-state index < -0.39 is 36.1 Å². The number of halogens is 6. The van der Waals surface area contributed by atoms with Crippen LogP contribution in [0.4, 0.5) is 26.3 Å². The van der Waals surface area contributed by atoms with Crippen LogP contribution in [0.2, 0.25) is 0 Å². The molecule has 0 aliphatic heterocycles. The molecule has 0 aliphatic carbocycles. The van der Waals surface area contributed by atoms with Crippen molar-refractivity contribution in [3.05, 3.63) is 71.1 Å². The van der Waals surface area contributed by atoms with Gasteiger partial charge in [-0.05, 0) is 40.8 Å². The standard InChI is InChI=1S/C18H11F6N5O/c19-13-7-12(18(22,23)24)5-4-11(13)3-1-10-2-6-14(25-8-10)15(20)16(30)17(21)29-9-26-27-28-29/h2,4-9,15-17,30H. The summed E-state index contributed by atoms with van der Waals surface area (Å²) < 4.78 is 80.3. The summed E-state index contributed by atoms with van der Waals surface area (Å²) in [4.78, 5) is 3.74. The fourth-order valence-electron chi connectivity index (χ4n) is 2.33. The van der Waals surface area contributed by atoms with E-state index in [1.165, 1.54) is 6.07 Å². The minimum atomic E-state index is -4.68. The van der Waals surface area contributed by atoms with Gasteiger partial charge in [0.05, 0.1) is 16.8 Å². The summed E-state index contributed by atoms with van der Waals surface area (Å²) in [5, 5.41) is 19.4. The number of hydrogen-bond acceptors (Lipinski definition) is 5. The molecule has 0 fully saturated rings.